The predicted molar refractivity (Wildman–Crippen MR) is 70.7 cm³/mol. The molecule has 1 aromatic rings. The monoisotopic (exact) mass is 252 g/mol. The fourth-order valence-corrected chi connectivity index (χ4v) is 3.07. The van der Waals surface area contributed by atoms with Crippen molar-refractivity contribution >= 4 is 0 Å². The van der Waals surface area contributed by atoms with Crippen molar-refractivity contribution in [2.45, 2.75) is 50.7 Å². The zero-order valence-corrected chi connectivity index (χ0v) is 11.4. The fraction of sp³-hybridized carbons (Fsp3) is 0.769. The molecule has 0 radical (unpaired) electrons. The molecule has 1 saturated carbocycles. The molecule has 1 heterocycles. The van der Waals surface area contributed by atoms with E-state index in [4.69, 9.17) is 10.6 Å². The van der Waals surface area contributed by atoms with Crippen LogP contribution in [0.15, 0.2) is 12.4 Å². The van der Waals surface area contributed by atoms with Gasteiger partial charge in [-0.1, -0.05) is 19.3 Å². The summed E-state index contributed by atoms with van der Waals surface area (Å²) in [5.41, 5.74) is 2.72. The van der Waals surface area contributed by atoms with Gasteiger partial charge in [0, 0.05) is 26.0 Å². The molecule has 2 rings (SSSR count). The van der Waals surface area contributed by atoms with Crippen molar-refractivity contribution in [2.75, 3.05) is 6.61 Å². The van der Waals surface area contributed by atoms with Gasteiger partial charge in [0.2, 0.25) is 0 Å². The second-order valence-corrected chi connectivity index (χ2v) is 5.05. The van der Waals surface area contributed by atoms with Gasteiger partial charge in [-0.2, -0.15) is 0 Å². The normalized spacial score (nSPS) is 20.8. The van der Waals surface area contributed by atoms with Gasteiger partial charge in [-0.25, -0.2) is 10.4 Å². The minimum absolute atomic E-state index is 0.0438. The lowest BCUT2D eigenvalue weighted by Crippen LogP contribution is -2.50. The first kappa shape index (κ1) is 13.5. The third kappa shape index (κ3) is 2.43. The molecule has 5 heteroatoms. The van der Waals surface area contributed by atoms with Crippen molar-refractivity contribution in [3.63, 3.8) is 0 Å². The highest BCUT2D eigenvalue weighted by Crippen LogP contribution is 2.40. The summed E-state index contributed by atoms with van der Waals surface area (Å²) < 4.78 is 8.12. The number of nitrogens with one attached hydrogen (secondary N) is 1. The molecule has 1 aromatic heterocycles. The van der Waals surface area contributed by atoms with Crippen molar-refractivity contribution < 1.29 is 4.74 Å². The highest BCUT2D eigenvalue weighted by atomic mass is 16.5. The van der Waals surface area contributed by atoms with Gasteiger partial charge in [0.05, 0.1) is 5.60 Å². The third-order valence-corrected chi connectivity index (χ3v) is 3.94. The Morgan fingerprint density at radius 3 is 2.72 bits per heavy atom. The second-order valence-electron chi connectivity index (χ2n) is 5.05. The number of nitrogens with two attached hydrogens (primary N) is 1. The van der Waals surface area contributed by atoms with E-state index in [1.807, 2.05) is 30.9 Å². The molecular formula is C13H24N4O. The lowest BCUT2D eigenvalue weighted by Gasteiger charge is -2.42. The third-order valence-electron chi connectivity index (χ3n) is 3.94. The van der Waals surface area contributed by atoms with Crippen LogP contribution in [0.1, 0.15) is 50.9 Å². The number of imidazole rings is 1. The van der Waals surface area contributed by atoms with Crippen LogP contribution in [0.25, 0.3) is 0 Å². The van der Waals surface area contributed by atoms with Gasteiger partial charge >= 0.3 is 0 Å². The first-order valence-electron chi connectivity index (χ1n) is 6.81. The summed E-state index contributed by atoms with van der Waals surface area (Å²) in [6.45, 7) is 2.75. The van der Waals surface area contributed by atoms with E-state index in [0.29, 0.717) is 6.61 Å². The van der Waals surface area contributed by atoms with Crippen LogP contribution in [0.2, 0.25) is 0 Å². The number of hydrogen-bond donors (Lipinski definition) is 2. The molecule has 102 valence electrons. The number of hydrazine groups is 1. The molecule has 1 unspecified atom stereocenters. The summed E-state index contributed by atoms with van der Waals surface area (Å²) in [5.74, 6) is 6.75. The molecule has 5 nitrogen and oxygen atoms in total. The van der Waals surface area contributed by atoms with Gasteiger partial charge < -0.3 is 9.30 Å². The molecule has 18 heavy (non-hydrogen) atoms. The van der Waals surface area contributed by atoms with Crippen LogP contribution in [0.5, 0.6) is 0 Å². The average molecular weight is 252 g/mol. The Morgan fingerprint density at radius 1 is 1.50 bits per heavy atom. The van der Waals surface area contributed by atoms with E-state index in [9.17, 15) is 0 Å². The van der Waals surface area contributed by atoms with Crippen LogP contribution in [0, 0.1) is 0 Å². The van der Waals surface area contributed by atoms with Gasteiger partial charge in [0.1, 0.15) is 11.9 Å². The minimum atomic E-state index is -0.207. The Hall–Kier alpha value is -0.910. The molecule has 1 atom stereocenters. The quantitative estimate of drug-likeness (QED) is 0.618. The smallest absolute Gasteiger partial charge is 0.129 e. The van der Waals surface area contributed by atoms with Crippen molar-refractivity contribution in [1.82, 2.24) is 15.0 Å². The van der Waals surface area contributed by atoms with Crippen LogP contribution in [-0.2, 0) is 11.8 Å². The number of rotatable bonds is 5. The summed E-state index contributed by atoms with van der Waals surface area (Å²) in [6, 6.07) is -0.0438. The predicted octanol–water partition coefficient (Wildman–Crippen LogP) is 1.66. The van der Waals surface area contributed by atoms with Crippen LogP contribution in [-0.4, -0.2) is 21.8 Å². The lowest BCUT2D eigenvalue weighted by atomic mass is 9.79. The van der Waals surface area contributed by atoms with Crippen molar-refractivity contribution in [3.05, 3.63) is 18.2 Å². The van der Waals surface area contributed by atoms with Gasteiger partial charge in [0.15, 0.2) is 0 Å². The average Bonchev–Trinajstić information content (AvgIpc) is 2.78. The van der Waals surface area contributed by atoms with E-state index in [1.165, 1.54) is 19.3 Å². The Bertz CT molecular complexity index is 365. The van der Waals surface area contributed by atoms with Crippen molar-refractivity contribution in [1.29, 1.82) is 0 Å². The van der Waals surface area contributed by atoms with Crippen LogP contribution < -0.4 is 11.3 Å². The Morgan fingerprint density at radius 2 is 2.22 bits per heavy atom. The van der Waals surface area contributed by atoms with Crippen molar-refractivity contribution in [2.24, 2.45) is 12.9 Å². The SMILES string of the molecule is CCOC1(C(NN)c2nccn2C)CCCCC1. The van der Waals surface area contributed by atoms with Gasteiger partial charge in [0.25, 0.3) is 0 Å². The maximum Gasteiger partial charge on any atom is 0.129 e. The molecular weight excluding hydrogens is 228 g/mol. The molecule has 1 fully saturated rings. The molecule has 1 aliphatic rings. The van der Waals surface area contributed by atoms with Gasteiger partial charge in [-0.3, -0.25) is 5.84 Å². The number of ether oxygens (including phenoxy) is 1. The van der Waals surface area contributed by atoms with E-state index in [-0.39, 0.29) is 11.6 Å². The first-order chi connectivity index (χ1) is 8.73. The van der Waals surface area contributed by atoms with Crippen LogP contribution in [0.3, 0.4) is 0 Å². The lowest BCUT2D eigenvalue weighted by molar-refractivity contribution is -0.0936. The molecule has 0 aromatic carbocycles. The maximum atomic E-state index is 6.11. The molecule has 0 saturated heterocycles. The molecule has 1 aliphatic carbocycles. The molecule has 0 spiro atoms. The molecule has 0 bridgehead atoms. The summed E-state index contributed by atoms with van der Waals surface area (Å²) in [7, 11) is 2.00. The Labute approximate surface area is 109 Å². The fourth-order valence-electron chi connectivity index (χ4n) is 3.07. The van der Waals surface area contributed by atoms with E-state index in [1.54, 1.807) is 0 Å². The molecule has 0 aliphatic heterocycles. The summed E-state index contributed by atoms with van der Waals surface area (Å²) in [5, 5.41) is 0. The number of aromatic nitrogens is 2. The highest BCUT2D eigenvalue weighted by Gasteiger charge is 2.42. The highest BCUT2D eigenvalue weighted by molar-refractivity contribution is 5.08. The zero-order valence-electron chi connectivity index (χ0n) is 11.4. The first-order valence-corrected chi connectivity index (χ1v) is 6.81. The standard InChI is InChI=1S/C13H24N4O/c1-3-18-13(7-5-4-6-8-13)11(16-14)12-15-9-10-17(12)2/h9-11,16H,3-8,14H2,1-2H3. The zero-order chi connectivity index (χ0) is 13.0. The number of aryl methyl sites for hydroxylation is 1. The summed E-state index contributed by atoms with van der Waals surface area (Å²) >= 11 is 0. The Balaban J connectivity index is 2.29. The maximum absolute atomic E-state index is 6.11. The summed E-state index contributed by atoms with van der Waals surface area (Å²) in [4.78, 5) is 4.43. The number of hydrogen-bond acceptors (Lipinski definition) is 4. The topological polar surface area (TPSA) is 65.1 Å². The van der Waals surface area contributed by atoms with Crippen LogP contribution >= 0.6 is 0 Å². The summed E-state index contributed by atoms with van der Waals surface area (Å²) in [6.07, 6.45) is 9.52. The molecule has 3 N–H and O–H groups in total. The Kier molecular flexibility index (Phi) is 4.37. The number of nitrogens with zero attached hydrogens (tertiary/aromatic N) is 2. The minimum Gasteiger partial charge on any atom is -0.373 e. The van der Waals surface area contributed by atoms with E-state index < -0.39 is 0 Å². The van der Waals surface area contributed by atoms with Crippen LogP contribution in [0.4, 0.5) is 0 Å². The van der Waals surface area contributed by atoms with Crippen molar-refractivity contribution in [3.8, 4) is 0 Å². The van der Waals surface area contributed by atoms with E-state index in [0.717, 1.165) is 18.7 Å². The van der Waals surface area contributed by atoms with E-state index in [2.05, 4.69) is 10.4 Å². The molecule has 0 amide bonds. The second kappa shape index (κ2) is 5.82. The van der Waals surface area contributed by atoms with E-state index >= 15 is 0 Å². The van der Waals surface area contributed by atoms with Gasteiger partial charge in [-0.05, 0) is 19.8 Å². The largest absolute Gasteiger partial charge is 0.373 e. The van der Waals surface area contributed by atoms with Gasteiger partial charge in [-0.15, -0.1) is 0 Å².